The van der Waals surface area contributed by atoms with E-state index in [9.17, 15) is 13.2 Å². The molecule has 0 saturated carbocycles. The molecule has 1 aromatic carbocycles. The van der Waals surface area contributed by atoms with Crippen molar-refractivity contribution >= 4 is 21.6 Å². The average Bonchev–Trinajstić information content (AvgIpc) is 2.64. The first-order valence-corrected chi connectivity index (χ1v) is 10.3. The first-order chi connectivity index (χ1) is 12.5. The number of nitrogens with one attached hydrogen (secondary N) is 1. The first-order valence-electron chi connectivity index (χ1n) is 8.69. The number of rotatable bonds is 5. The second kappa shape index (κ2) is 7.97. The molecule has 0 unspecified atom stereocenters. The monoisotopic (exact) mass is 373 g/mol. The van der Waals surface area contributed by atoms with Gasteiger partial charge in [0.15, 0.2) is 0 Å². The van der Waals surface area contributed by atoms with Crippen molar-refractivity contribution in [1.29, 1.82) is 0 Å². The van der Waals surface area contributed by atoms with Crippen LogP contribution in [0.3, 0.4) is 0 Å². The Hall–Kier alpha value is -2.25. The van der Waals surface area contributed by atoms with Crippen LogP contribution in [-0.4, -0.2) is 36.7 Å². The fraction of sp³-hybridized carbons (Fsp3) is 0.368. The Balaban J connectivity index is 1.57. The van der Waals surface area contributed by atoms with Crippen LogP contribution in [0.2, 0.25) is 0 Å². The third kappa shape index (κ3) is 4.47. The van der Waals surface area contributed by atoms with Crippen molar-refractivity contribution in [1.82, 2.24) is 9.29 Å². The van der Waals surface area contributed by atoms with Gasteiger partial charge < -0.3 is 5.32 Å². The van der Waals surface area contributed by atoms with E-state index in [1.165, 1.54) is 4.31 Å². The molecule has 1 aliphatic rings. The zero-order chi connectivity index (χ0) is 18.6. The number of amides is 1. The molecule has 0 radical (unpaired) electrons. The van der Waals surface area contributed by atoms with E-state index in [1.54, 1.807) is 24.5 Å². The smallest absolute Gasteiger partial charge is 0.227 e. The number of carbonyl (C=O) groups is 1. The quantitative estimate of drug-likeness (QED) is 0.874. The van der Waals surface area contributed by atoms with Gasteiger partial charge in [0.2, 0.25) is 15.9 Å². The van der Waals surface area contributed by atoms with E-state index in [1.807, 2.05) is 31.2 Å². The Labute approximate surface area is 154 Å². The minimum atomic E-state index is -3.38. The van der Waals surface area contributed by atoms with Crippen molar-refractivity contribution in [2.45, 2.75) is 25.5 Å². The third-order valence-electron chi connectivity index (χ3n) is 4.75. The highest BCUT2D eigenvalue weighted by molar-refractivity contribution is 7.88. The van der Waals surface area contributed by atoms with Gasteiger partial charge in [-0.2, -0.15) is 0 Å². The van der Waals surface area contributed by atoms with Gasteiger partial charge in [-0.15, -0.1) is 0 Å². The molecule has 1 aromatic heterocycles. The molecule has 1 aliphatic heterocycles. The summed E-state index contributed by atoms with van der Waals surface area (Å²) in [5, 5.41) is 2.84. The molecule has 0 spiro atoms. The van der Waals surface area contributed by atoms with Crippen LogP contribution >= 0.6 is 0 Å². The summed E-state index contributed by atoms with van der Waals surface area (Å²) in [6, 6.07) is 11.1. The maximum Gasteiger partial charge on any atom is 0.227 e. The van der Waals surface area contributed by atoms with Gasteiger partial charge in [0, 0.05) is 25.2 Å². The molecule has 0 atom stereocenters. The van der Waals surface area contributed by atoms with Gasteiger partial charge in [-0.05, 0) is 43.0 Å². The number of hydrogen-bond donors (Lipinski definition) is 1. The van der Waals surface area contributed by atoms with E-state index in [0.717, 1.165) is 11.1 Å². The summed E-state index contributed by atoms with van der Waals surface area (Å²) in [7, 11) is -3.38. The lowest BCUT2D eigenvalue weighted by Crippen LogP contribution is -2.42. The maximum absolute atomic E-state index is 12.7. The Kier molecular flexibility index (Phi) is 5.68. The van der Waals surface area contributed by atoms with Crippen molar-refractivity contribution < 1.29 is 13.2 Å². The van der Waals surface area contributed by atoms with Crippen LogP contribution < -0.4 is 5.32 Å². The summed E-state index contributed by atoms with van der Waals surface area (Å²) in [6.45, 7) is 2.67. The Morgan fingerprint density at radius 3 is 2.58 bits per heavy atom. The van der Waals surface area contributed by atoms with Gasteiger partial charge in [-0.25, -0.2) is 12.7 Å². The molecule has 138 valence electrons. The summed E-state index contributed by atoms with van der Waals surface area (Å²) in [6.07, 6.45) is 4.30. The lowest BCUT2D eigenvalue weighted by atomic mass is 9.97. The summed E-state index contributed by atoms with van der Waals surface area (Å²) in [5.41, 5.74) is 2.46. The number of pyridine rings is 1. The van der Waals surface area contributed by atoms with Gasteiger partial charge in [0.25, 0.3) is 0 Å². The van der Waals surface area contributed by atoms with Crippen LogP contribution in [-0.2, 0) is 20.6 Å². The van der Waals surface area contributed by atoms with Gasteiger partial charge >= 0.3 is 0 Å². The largest absolute Gasteiger partial charge is 0.324 e. The molecule has 3 rings (SSSR count). The number of carbonyl (C=O) groups excluding carboxylic acids is 1. The number of anilines is 1. The predicted molar refractivity (Wildman–Crippen MR) is 101 cm³/mol. The molecule has 0 bridgehead atoms. The molecule has 26 heavy (non-hydrogen) atoms. The minimum Gasteiger partial charge on any atom is -0.324 e. The van der Waals surface area contributed by atoms with Gasteiger partial charge in [0.05, 0.1) is 17.6 Å². The van der Waals surface area contributed by atoms with Crippen LogP contribution in [0.15, 0.2) is 48.8 Å². The van der Waals surface area contributed by atoms with Gasteiger partial charge in [0.1, 0.15) is 0 Å². The van der Waals surface area contributed by atoms with Crippen molar-refractivity contribution in [2.75, 3.05) is 18.4 Å². The van der Waals surface area contributed by atoms with Crippen molar-refractivity contribution in [2.24, 2.45) is 5.92 Å². The summed E-state index contributed by atoms with van der Waals surface area (Å²) in [4.78, 5) is 16.3. The second-order valence-electron chi connectivity index (χ2n) is 6.59. The second-order valence-corrected chi connectivity index (χ2v) is 8.56. The molecular weight excluding hydrogens is 350 g/mol. The highest BCUT2D eigenvalue weighted by Gasteiger charge is 2.31. The normalized spacial score (nSPS) is 16.3. The molecule has 2 aromatic rings. The molecule has 1 N–H and O–H groups in total. The number of aromatic nitrogens is 1. The van der Waals surface area contributed by atoms with E-state index in [0.29, 0.717) is 31.6 Å². The first kappa shape index (κ1) is 18.5. The van der Waals surface area contributed by atoms with E-state index < -0.39 is 10.0 Å². The van der Waals surface area contributed by atoms with Crippen molar-refractivity contribution in [3.8, 4) is 0 Å². The number of nitrogens with zero attached hydrogens (tertiary/aromatic N) is 2. The van der Waals surface area contributed by atoms with Crippen LogP contribution in [0.5, 0.6) is 0 Å². The molecule has 0 aliphatic carbocycles. The minimum absolute atomic E-state index is 0.00617. The van der Waals surface area contributed by atoms with E-state index >= 15 is 0 Å². The summed E-state index contributed by atoms with van der Waals surface area (Å²) >= 11 is 0. The Morgan fingerprint density at radius 2 is 1.92 bits per heavy atom. The molecule has 1 saturated heterocycles. The number of benzene rings is 1. The summed E-state index contributed by atoms with van der Waals surface area (Å²) < 4.78 is 26.9. The molecule has 1 fully saturated rings. The number of aryl methyl sites for hydroxylation is 1. The number of hydrogen-bond acceptors (Lipinski definition) is 4. The number of sulfonamides is 1. The SMILES string of the molecule is Cc1ccccc1CS(=O)(=O)N1CCC(C(=O)Nc2cccnc2)CC1. The standard InChI is InChI=1S/C19H23N3O3S/c1-15-5-2-3-6-17(15)14-26(24,25)22-11-8-16(9-12-22)19(23)21-18-7-4-10-20-13-18/h2-7,10,13,16H,8-9,11-12,14H2,1H3,(H,21,23). The van der Waals surface area contributed by atoms with Gasteiger partial charge in [-0.3, -0.25) is 9.78 Å². The van der Waals surface area contributed by atoms with E-state index in [2.05, 4.69) is 10.3 Å². The average molecular weight is 373 g/mol. The van der Waals surface area contributed by atoms with E-state index in [4.69, 9.17) is 0 Å². The zero-order valence-corrected chi connectivity index (χ0v) is 15.6. The number of piperidine rings is 1. The molecule has 7 heteroatoms. The molecule has 6 nitrogen and oxygen atoms in total. The van der Waals surface area contributed by atoms with Crippen LogP contribution in [0, 0.1) is 12.8 Å². The highest BCUT2D eigenvalue weighted by atomic mass is 32.2. The lowest BCUT2D eigenvalue weighted by Gasteiger charge is -2.30. The molecule has 2 heterocycles. The van der Waals surface area contributed by atoms with Crippen LogP contribution in [0.1, 0.15) is 24.0 Å². The third-order valence-corrected chi connectivity index (χ3v) is 6.57. The highest BCUT2D eigenvalue weighted by Crippen LogP contribution is 2.23. The summed E-state index contributed by atoms with van der Waals surface area (Å²) in [5.74, 6) is -0.249. The Morgan fingerprint density at radius 1 is 1.19 bits per heavy atom. The molecular formula is C19H23N3O3S. The van der Waals surface area contributed by atoms with Crippen molar-refractivity contribution in [3.05, 3.63) is 59.9 Å². The zero-order valence-electron chi connectivity index (χ0n) is 14.8. The molecule has 1 amide bonds. The fourth-order valence-corrected chi connectivity index (χ4v) is 4.80. The van der Waals surface area contributed by atoms with Crippen LogP contribution in [0.4, 0.5) is 5.69 Å². The Bertz CT molecular complexity index is 861. The van der Waals surface area contributed by atoms with Crippen molar-refractivity contribution in [3.63, 3.8) is 0 Å². The lowest BCUT2D eigenvalue weighted by molar-refractivity contribution is -0.120. The maximum atomic E-state index is 12.7. The van der Waals surface area contributed by atoms with Gasteiger partial charge in [-0.1, -0.05) is 24.3 Å². The van der Waals surface area contributed by atoms with Crippen LogP contribution in [0.25, 0.3) is 0 Å². The predicted octanol–water partition coefficient (Wildman–Crippen LogP) is 2.57. The fourth-order valence-electron chi connectivity index (χ4n) is 3.14. The topological polar surface area (TPSA) is 79.4 Å². The van der Waals surface area contributed by atoms with E-state index in [-0.39, 0.29) is 17.6 Å².